The third-order valence-electron chi connectivity index (χ3n) is 2.14. The van der Waals surface area contributed by atoms with Gasteiger partial charge in [-0.3, -0.25) is 0 Å². The van der Waals surface area contributed by atoms with Gasteiger partial charge in [0.2, 0.25) is 0 Å². The maximum atomic E-state index is 5.74. The van der Waals surface area contributed by atoms with Crippen LogP contribution in [0.2, 0.25) is 0 Å². The Morgan fingerprint density at radius 1 is 1.50 bits per heavy atom. The van der Waals surface area contributed by atoms with Gasteiger partial charge in [-0.15, -0.1) is 6.42 Å². The highest BCUT2D eigenvalue weighted by Crippen LogP contribution is 2.15. The predicted molar refractivity (Wildman–Crippen MR) is 66.3 cm³/mol. The molecule has 0 aliphatic heterocycles. The molecular formula is C11H22N2S. The van der Waals surface area contributed by atoms with Gasteiger partial charge in [-0.1, -0.05) is 33.1 Å². The molecule has 3 heteroatoms. The van der Waals surface area contributed by atoms with Gasteiger partial charge in [-0.25, -0.2) is 0 Å². The Labute approximate surface area is 93.4 Å². The molecule has 0 aromatic carbocycles. The lowest BCUT2D eigenvalue weighted by molar-refractivity contribution is 0.360. The zero-order chi connectivity index (χ0) is 11.1. The molecule has 0 bridgehead atoms. The Morgan fingerprint density at radius 2 is 2.07 bits per heavy atom. The molecule has 0 heterocycles. The Hall–Kier alpha value is -0.170. The molecule has 0 saturated heterocycles. The van der Waals surface area contributed by atoms with Crippen LogP contribution in [-0.4, -0.2) is 17.5 Å². The maximum Gasteiger partial charge on any atom is 0.0632 e. The van der Waals surface area contributed by atoms with Crippen LogP contribution in [0.5, 0.6) is 0 Å². The van der Waals surface area contributed by atoms with E-state index in [2.05, 4.69) is 44.6 Å². The maximum absolute atomic E-state index is 5.74. The molecule has 0 amide bonds. The topological polar surface area (TPSA) is 38.0 Å². The van der Waals surface area contributed by atoms with Crippen LogP contribution in [-0.2, 0) is 0 Å². The molecule has 0 aliphatic carbocycles. The molecule has 3 N–H and O–H groups in total. The molecule has 14 heavy (non-hydrogen) atoms. The van der Waals surface area contributed by atoms with Gasteiger partial charge in [-0.2, -0.15) is 12.6 Å². The van der Waals surface area contributed by atoms with Gasteiger partial charge >= 0.3 is 0 Å². The van der Waals surface area contributed by atoms with Crippen molar-refractivity contribution in [1.29, 1.82) is 0 Å². The van der Waals surface area contributed by atoms with Crippen LogP contribution in [0.4, 0.5) is 0 Å². The Kier molecular flexibility index (Phi) is 7.08. The van der Waals surface area contributed by atoms with Gasteiger partial charge in [0.15, 0.2) is 0 Å². The van der Waals surface area contributed by atoms with Crippen molar-refractivity contribution >= 4 is 12.6 Å². The van der Waals surface area contributed by atoms with Gasteiger partial charge in [0.1, 0.15) is 0 Å². The summed E-state index contributed by atoms with van der Waals surface area (Å²) in [5, 5.41) is 3.19. The minimum atomic E-state index is -0.247. The molecule has 0 saturated carbocycles. The third kappa shape index (κ3) is 4.90. The van der Waals surface area contributed by atoms with E-state index in [0.29, 0.717) is 6.04 Å². The van der Waals surface area contributed by atoms with Gasteiger partial charge in [0.25, 0.3) is 0 Å². The highest BCUT2D eigenvalue weighted by molar-refractivity contribution is 7.80. The SMILES string of the molecule is C#CC(C(N)S)C(CCC)NC(C)C. The summed E-state index contributed by atoms with van der Waals surface area (Å²) in [6.45, 7) is 6.37. The van der Waals surface area contributed by atoms with Crippen molar-refractivity contribution in [2.45, 2.75) is 51.1 Å². The highest BCUT2D eigenvalue weighted by atomic mass is 32.1. The second-order valence-electron chi connectivity index (χ2n) is 3.90. The molecule has 0 rings (SSSR count). The standard InChI is InChI=1S/C11H22N2S/c1-5-7-10(13-8(3)4)9(6-2)11(12)14/h2,8-11,13-14H,5,7,12H2,1,3-4H3. The van der Waals surface area contributed by atoms with E-state index in [-0.39, 0.29) is 17.3 Å². The van der Waals surface area contributed by atoms with E-state index in [1.54, 1.807) is 0 Å². The predicted octanol–water partition coefficient (Wildman–Crippen LogP) is 1.62. The number of terminal acetylenes is 1. The molecule has 82 valence electrons. The van der Waals surface area contributed by atoms with E-state index in [9.17, 15) is 0 Å². The largest absolute Gasteiger partial charge is 0.318 e. The number of nitrogens with one attached hydrogen (secondary N) is 1. The van der Waals surface area contributed by atoms with Crippen molar-refractivity contribution in [2.75, 3.05) is 0 Å². The first-order chi connectivity index (χ1) is 6.52. The van der Waals surface area contributed by atoms with Crippen molar-refractivity contribution in [3.63, 3.8) is 0 Å². The van der Waals surface area contributed by atoms with E-state index >= 15 is 0 Å². The van der Waals surface area contributed by atoms with Gasteiger partial charge in [0, 0.05) is 12.1 Å². The first-order valence-corrected chi connectivity index (χ1v) is 5.70. The summed E-state index contributed by atoms with van der Waals surface area (Å²) >= 11 is 4.22. The van der Waals surface area contributed by atoms with Crippen LogP contribution in [0.1, 0.15) is 33.6 Å². The Balaban J connectivity index is 4.37. The number of rotatable bonds is 6. The molecule has 3 atom stereocenters. The monoisotopic (exact) mass is 214 g/mol. The number of hydrogen-bond donors (Lipinski definition) is 3. The van der Waals surface area contributed by atoms with Crippen LogP contribution in [0.3, 0.4) is 0 Å². The minimum Gasteiger partial charge on any atom is -0.318 e. The van der Waals surface area contributed by atoms with E-state index in [4.69, 9.17) is 12.2 Å². The first-order valence-electron chi connectivity index (χ1n) is 5.18. The molecular weight excluding hydrogens is 192 g/mol. The van der Waals surface area contributed by atoms with E-state index in [1.165, 1.54) is 0 Å². The molecule has 2 nitrogen and oxygen atoms in total. The van der Waals surface area contributed by atoms with Crippen LogP contribution in [0, 0.1) is 18.3 Å². The Bertz CT molecular complexity index is 184. The average molecular weight is 214 g/mol. The van der Waals surface area contributed by atoms with Crippen molar-refractivity contribution < 1.29 is 0 Å². The van der Waals surface area contributed by atoms with Gasteiger partial charge in [-0.05, 0) is 6.42 Å². The molecule has 0 aromatic rings. The zero-order valence-electron chi connectivity index (χ0n) is 9.33. The summed E-state index contributed by atoms with van der Waals surface area (Å²) < 4.78 is 0. The second-order valence-corrected chi connectivity index (χ2v) is 4.50. The Morgan fingerprint density at radius 3 is 2.36 bits per heavy atom. The van der Waals surface area contributed by atoms with Gasteiger partial charge in [0.05, 0.1) is 11.3 Å². The second kappa shape index (κ2) is 7.17. The average Bonchev–Trinajstić information content (AvgIpc) is 2.03. The van der Waals surface area contributed by atoms with Crippen molar-refractivity contribution in [1.82, 2.24) is 5.32 Å². The third-order valence-corrected chi connectivity index (χ3v) is 2.46. The summed E-state index contributed by atoms with van der Waals surface area (Å²) in [4.78, 5) is 0. The van der Waals surface area contributed by atoms with Crippen molar-refractivity contribution in [2.24, 2.45) is 11.7 Å². The first kappa shape index (κ1) is 13.8. The minimum absolute atomic E-state index is 0.000633. The fourth-order valence-corrected chi connectivity index (χ4v) is 1.85. The summed E-state index contributed by atoms with van der Waals surface area (Å²) in [7, 11) is 0. The molecule has 0 aromatic heterocycles. The van der Waals surface area contributed by atoms with Crippen molar-refractivity contribution in [3.8, 4) is 12.3 Å². The fraction of sp³-hybridized carbons (Fsp3) is 0.818. The molecule has 0 spiro atoms. The smallest absolute Gasteiger partial charge is 0.0632 e. The van der Waals surface area contributed by atoms with E-state index in [0.717, 1.165) is 12.8 Å². The summed E-state index contributed by atoms with van der Waals surface area (Å²) in [6, 6.07) is 0.701. The normalized spacial score (nSPS) is 17.5. The van der Waals surface area contributed by atoms with Gasteiger partial charge < -0.3 is 11.1 Å². The fourth-order valence-electron chi connectivity index (χ4n) is 1.56. The summed E-state index contributed by atoms with van der Waals surface area (Å²) in [5.41, 5.74) is 5.74. The number of thiol groups is 1. The lowest BCUT2D eigenvalue weighted by atomic mass is 9.95. The molecule has 0 radical (unpaired) electrons. The molecule has 3 unspecified atom stereocenters. The number of hydrogen-bond acceptors (Lipinski definition) is 3. The molecule has 0 aliphatic rings. The van der Waals surface area contributed by atoms with Crippen molar-refractivity contribution in [3.05, 3.63) is 0 Å². The lowest BCUT2D eigenvalue weighted by Crippen LogP contribution is -2.45. The number of nitrogens with two attached hydrogens (primary N) is 1. The van der Waals surface area contributed by atoms with Crippen LogP contribution in [0.25, 0.3) is 0 Å². The lowest BCUT2D eigenvalue weighted by Gasteiger charge is -2.28. The van der Waals surface area contributed by atoms with E-state index in [1.807, 2.05) is 0 Å². The van der Waals surface area contributed by atoms with Crippen LogP contribution >= 0.6 is 12.6 Å². The zero-order valence-corrected chi connectivity index (χ0v) is 10.2. The van der Waals surface area contributed by atoms with E-state index < -0.39 is 0 Å². The summed E-state index contributed by atoms with van der Waals surface area (Å²) in [6.07, 6.45) is 7.60. The van der Waals surface area contributed by atoms with Crippen LogP contribution in [0.15, 0.2) is 0 Å². The molecule has 0 fully saturated rings. The summed E-state index contributed by atoms with van der Waals surface area (Å²) in [5.74, 6) is 2.73. The quantitative estimate of drug-likeness (QED) is 0.357. The highest BCUT2D eigenvalue weighted by Gasteiger charge is 2.23. The van der Waals surface area contributed by atoms with Crippen LogP contribution < -0.4 is 11.1 Å².